The molecule has 4 atom stereocenters. The standard InChI is InChI=1S/C34H26N2O4/c37-32-28-27-21-20-22-12-10-11-19-26(22)36(27)30(29(28)33(38)35(32)25-17-8-3-9-18-25)34(39)40-31(23-13-4-1-5-14-23)24-15-6-2-7-16-24/h1-21,27-31H/t27-,28-,29+,30-/m0/s1. The molecule has 2 amide bonds. The molecular formula is C34H26N2O4. The minimum absolute atomic E-state index is 0.293. The first-order valence-corrected chi connectivity index (χ1v) is 13.4. The number of carbonyl (C=O) groups is 3. The van der Waals surface area contributed by atoms with Gasteiger partial charge < -0.3 is 9.64 Å². The number of carbonyl (C=O) groups excluding carboxylic acids is 3. The van der Waals surface area contributed by atoms with Crippen LogP contribution in [0, 0.1) is 11.8 Å². The molecule has 6 heteroatoms. The zero-order valence-corrected chi connectivity index (χ0v) is 21.5. The minimum Gasteiger partial charge on any atom is -0.451 e. The number of amides is 2. The van der Waals surface area contributed by atoms with Crippen LogP contribution in [0.25, 0.3) is 6.08 Å². The largest absolute Gasteiger partial charge is 0.451 e. The lowest BCUT2D eigenvalue weighted by Crippen LogP contribution is -2.49. The number of esters is 1. The van der Waals surface area contributed by atoms with Gasteiger partial charge in [-0.2, -0.15) is 0 Å². The van der Waals surface area contributed by atoms with E-state index in [0.717, 1.165) is 22.4 Å². The van der Waals surface area contributed by atoms with Gasteiger partial charge in [-0.3, -0.25) is 9.59 Å². The van der Waals surface area contributed by atoms with Gasteiger partial charge in [0.15, 0.2) is 6.10 Å². The van der Waals surface area contributed by atoms with Crippen molar-refractivity contribution in [2.24, 2.45) is 11.8 Å². The second kappa shape index (κ2) is 9.65. The first-order valence-electron chi connectivity index (χ1n) is 13.4. The van der Waals surface area contributed by atoms with E-state index in [0.29, 0.717) is 5.69 Å². The van der Waals surface area contributed by atoms with Crippen LogP contribution in [-0.2, 0) is 19.1 Å². The molecule has 0 aromatic heterocycles. The van der Waals surface area contributed by atoms with Gasteiger partial charge in [-0.1, -0.05) is 109 Å². The summed E-state index contributed by atoms with van der Waals surface area (Å²) in [5.41, 5.74) is 3.91. The number of benzene rings is 4. The van der Waals surface area contributed by atoms with Crippen LogP contribution in [0.4, 0.5) is 11.4 Å². The third kappa shape index (κ3) is 3.75. The summed E-state index contributed by atoms with van der Waals surface area (Å²) in [5, 5.41) is 0. The van der Waals surface area contributed by atoms with Crippen molar-refractivity contribution in [1.82, 2.24) is 0 Å². The van der Waals surface area contributed by atoms with Crippen LogP contribution < -0.4 is 9.80 Å². The van der Waals surface area contributed by atoms with Gasteiger partial charge >= 0.3 is 5.97 Å². The average molecular weight is 527 g/mol. The van der Waals surface area contributed by atoms with E-state index >= 15 is 0 Å². The Bertz CT molecular complexity index is 1580. The summed E-state index contributed by atoms with van der Waals surface area (Å²) in [6.45, 7) is 0. The van der Waals surface area contributed by atoms with Crippen molar-refractivity contribution in [2.45, 2.75) is 18.2 Å². The van der Waals surface area contributed by atoms with E-state index in [1.807, 2.05) is 108 Å². The van der Waals surface area contributed by atoms with Crippen LogP contribution >= 0.6 is 0 Å². The lowest BCUT2D eigenvalue weighted by molar-refractivity contribution is -0.151. The number of fused-ring (bicyclic) bond motifs is 5. The Kier molecular flexibility index (Phi) is 5.81. The van der Waals surface area contributed by atoms with Crippen molar-refractivity contribution in [3.8, 4) is 0 Å². The molecule has 0 aliphatic carbocycles. The number of anilines is 2. The van der Waals surface area contributed by atoms with E-state index in [1.54, 1.807) is 24.3 Å². The highest BCUT2D eigenvalue weighted by atomic mass is 16.5. The molecular weight excluding hydrogens is 500 g/mol. The first-order chi connectivity index (χ1) is 19.6. The molecule has 196 valence electrons. The summed E-state index contributed by atoms with van der Waals surface area (Å²) in [5.74, 6) is -2.79. The highest BCUT2D eigenvalue weighted by molar-refractivity contribution is 6.24. The summed E-state index contributed by atoms with van der Waals surface area (Å²) < 4.78 is 6.32. The fraction of sp³-hybridized carbons (Fsp3) is 0.147. The van der Waals surface area contributed by atoms with E-state index in [1.165, 1.54) is 4.90 Å². The van der Waals surface area contributed by atoms with Gasteiger partial charge in [0.25, 0.3) is 0 Å². The molecule has 40 heavy (non-hydrogen) atoms. The van der Waals surface area contributed by atoms with Crippen molar-refractivity contribution in [3.63, 3.8) is 0 Å². The second-order valence-corrected chi connectivity index (χ2v) is 10.3. The number of imide groups is 1. The SMILES string of the molecule is O=C(OC(c1ccccc1)c1ccccc1)[C@@H]1[C@@H]2C(=O)N(c3ccccc3)C(=O)[C@H]2[C@@H]2C=Cc3ccccc3N12. The Morgan fingerprint density at radius 3 is 1.88 bits per heavy atom. The molecule has 0 saturated carbocycles. The zero-order chi connectivity index (χ0) is 27.2. The normalized spacial score (nSPS) is 22.7. The number of para-hydroxylation sites is 2. The number of ether oxygens (including phenoxy) is 1. The number of hydrogen-bond donors (Lipinski definition) is 0. The molecule has 3 aliphatic heterocycles. The molecule has 2 fully saturated rings. The van der Waals surface area contributed by atoms with Crippen LogP contribution in [0.15, 0.2) is 121 Å². The molecule has 2 saturated heterocycles. The molecule has 4 aromatic rings. The van der Waals surface area contributed by atoms with Crippen molar-refractivity contribution in [3.05, 3.63) is 138 Å². The number of rotatable bonds is 5. The summed E-state index contributed by atoms with van der Waals surface area (Å²) >= 11 is 0. The van der Waals surface area contributed by atoms with Crippen molar-refractivity contribution >= 4 is 35.2 Å². The van der Waals surface area contributed by atoms with Crippen LogP contribution in [-0.4, -0.2) is 29.9 Å². The second-order valence-electron chi connectivity index (χ2n) is 10.3. The number of hydrogen-bond acceptors (Lipinski definition) is 5. The van der Waals surface area contributed by atoms with E-state index in [-0.39, 0.29) is 11.8 Å². The fourth-order valence-electron chi connectivity index (χ4n) is 6.39. The molecule has 0 bridgehead atoms. The van der Waals surface area contributed by atoms with E-state index in [4.69, 9.17) is 4.74 Å². The van der Waals surface area contributed by atoms with Gasteiger partial charge in [0.2, 0.25) is 11.8 Å². The lowest BCUT2D eigenvalue weighted by Gasteiger charge is -2.36. The van der Waals surface area contributed by atoms with Gasteiger partial charge in [-0.05, 0) is 34.9 Å². The Balaban J connectivity index is 1.32. The van der Waals surface area contributed by atoms with Crippen molar-refractivity contribution < 1.29 is 19.1 Å². The first kappa shape index (κ1) is 24.1. The van der Waals surface area contributed by atoms with Gasteiger partial charge in [-0.25, -0.2) is 9.69 Å². The number of nitrogens with zero attached hydrogens (tertiary/aromatic N) is 2. The maximum absolute atomic E-state index is 14.3. The molecule has 0 unspecified atom stereocenters. The maximum atomic E-state index is 14.3. The molecule has 3 heterocycles. The highest BCUT2D eigenvalue weighted by Gasteiger charge is 2.65. The monoisotopic (exact) mass is 526 g/mol. The molecule has 0 spiro atoms. The molecule has 3 aliphatic rings. The maximum Gasteiger partial charge on any atom is 0.330 e. The van der Waals surface area contributed by atoms with E-state index in [2.05, 4.69) is 0 Å². The summed E-state index contributed by atoms with van der Waals surface area (Å²) in [6, 6.07) is 34.4. The third-order valence-electron chi connectivity index (χ3n) is 8.11. The molecule has 0 radical (unpaired) electrons. The van der Waals surface area contributed by atoms with E-state index < -0.39 is 36.0 Å². The molecule has 0 N–H and O–H groups in total. The van der Waals surface area contributed by atoms with Gasteiger partial charge in [0.05, 0.1) is 23.6 Å². The minimum atomic E-state index is -0.971. The summed E-state index contributed by atoms with van der Waals surface area (Å²) in [7, 11) is 0. The smallest absolute Gasteiger partial charge is 0.330 e. The van der Waals surface area contributed by atoms with Crippen molar-refractivity contribution in [1.29, 1.82) is 0 Å². The van der Waals surface area contributed by atoms with E-state index in [9.17, 15) is 14.4 Å². The Labute approximate surface area is 232 Å². The fourth-order valence-corrected chi connectivity index (χ4v) is 6.39. The lowest BCUT2D eigenvalue weighted by atomic mass is 9.88. The predicted molar refractivity (Wildman–Crippen MR) is 152 cm³/mol. The zero-order valence-electron chi connectivity index (χ0n) is 21.5. The van der Waals surface area contributed by atoms with Crippen LogP contribution in [0.2, 0.25) is 0 Å². The average Bonchev–Trinajstić information content (AvgIpc) is 3.49. The predicted octanol–water partition coefficient (Wildman–Crippen LogP) is 5.41. The van der Waals surface area contributed by atoms with Crippen LogP contribution in [0.3, 0.4) is 0 Å². The summed E-state index contributed by atoms with van der Waals surface area (Å²) in [6.07, 6.45) is 3.25. The Morgan fingerprint density at radius 1 is 0.675 bits per heavy atom. The molecule has 4 aromatic carbocycles. The highest BCUT2D eigenvalue weighted by Crippen LogP contribution is 2.49. The van der Waals surface area contributed by atoms with Crippen LogP contribution in [0.1, 0.15) is 22.8 Å². The topological polar surface area (TPSA) is 66.9 Å². The molecule has 6 nitrogen and oxygen atoms in total. The third-order valence-corrected chi connectivity index (χ3v) is 8.11. The quantitative estimate of drug-likeness (QED) is 0.257. The van der Waals surface area contributed by atoms with Crippen LogP contribution in [0.5, 0.6) is 0 Å². The summed E-state index contributed by atoms with van der Waals surface area (Å²) in [4.78, 5) is 45.4. The van der Waals surface area contributed by atoms with Crippen molar-refractivity contribution in [2.75, 3.05) is 9.80 Å². The van der Waals surface area contributed by atoms with Gasteiger partial charge in [0.1, 0.15) is 6.04 Å². The van der Waals surface area contributed by atoms with Gasteiger partial charge in [-0.15, -0.1) is 0 Å². The molecule has 7 rings (SSSR count). The Hall–Kier alpha value is -4.97. The van der Waals surface area contributed by atoms with Gasteiger partial charge in [0, 0.05) is 5.69 Å². The Morgan fingerprint density at radius 2 is 1.23 bits per heavy atom.